The van der Waals surface area contributed by atoms with Crippen LogP contribution in [0.15, 0.2) is 116 Å². The van der Waals surface area contributed by atoms with E-state index in [1.165, 1.54) is 47.6 Å². The zero-order valence-electron chi connectivity index (χ0n) is 32.0. The number of fused-ring (bicyclic) bond motifs is 3. The molecule has 0 fully saturated rings. The summed E-state index contributed by atoms with van der Waals surface area (Å²) in [6, 6.07) is 43.2. The van der Waals surface area contributed by atoms with Crippen LogP contribution in [0.4, 0.5) is 0 Å². The van der Waals surface area contributed by atoms with Crippen LogP contribution >= 0.6 is 11.3 Å². The van der Waals surface area contributed by atoms with Gasteiger partial charge in [0.2, 0.25) is 0 Å². The van der Waals surface area contributed by atoms with E-state index in [1.54, 1.807) is 0 Å². The van der Waals surface area contributed by atoms with Gasteiger partial charge in [0.15, 0.2) is 0 Å². The van der Waals surface area contributed by atoms with Crippen LogP contribution in [0.2, 0.25) is 19.6 Å². The normalized spacial score (nSPS) is 12.3. The summed E-state index contributed by atoms with van der Waals surface area (Å²) in [5.74, 6) is 1.11. The Bertz CT molecular complexity index is 2250. The molecule has 4 aromatic carbocycles. The van der Waals surface area contributed by atoms with Crippen molar-refractivity contribution >= 4 is 44.8 Å². The third-order valence-electron chi connectivity index (χ3n) is 9.60. The summed E-state index contributed by atoms with van der Waals surface area (Å²) < 4.78 is 2.58. The molecule has 1 unspecified atom stereocenters. The van der Waals surface area contributed by atoms with E-state index in [1.807, 2.05) is 35.7 Å². The first-order chi connectivity index (χ1) is 24.3. The van der Waals surface area contributed by atoms with E-state index in [0.717, 1.165) is 28.9 Å². The van der Waals surface area contributed by atoms with E-state index >= 15 is 0 Å². The molecule has 5 heteroatoms. The SMILES string of the molecule is CC(C)(C)Cc1cc(-c2[c-]cccc2)ncc1[Si](C)(C)C.CC(C)C(C)c1ccnc(-c2[c-]cc3sc4cc(-c5ccccc5)ccc4c3c2)c1.[Ir]. The smallest absolute Gasteiger partial charge is 0.0798 e. The first-order valence-corrected chi connectivity index (χ1v) is 22.4. The number of pyridine rings is 2. The number of hydrogen-bond donors (Lipinski definition) is 0. The summed E-state index contributed by atoms with van der Waals surface area (Å²) in [6.45, 7) is 20.9. The van der Waals surface area contributed by atoms with Gasteiger partial charge in [-0.3, -0.25) is 0 Å². The Morgan fingerprint density at radius 2 is 1.44 bits per heavy atom. The van der Waals surface area contributed by atoms with Crippen molar-refractivity contribution in [1.82, 2.24) is 9.97 Å². The average molecular weight is 895 g/mol. The van der Waals surface area contributed by atoms with Crippen molar-refractivity contribution in [3.63, 3.8) is 0 Å². The molecule has 0 aliphatic heterocycles. The van der Waals surface area contributed by atoms with Crippen molar-refractivity contribution < 1.29 is 20.1 Å². The summed E-state index contributed by atoms with van der Waals surface area (Å²) in [5, 5.41) is 4.07. The topological polar surface area (TPSA) is 25.8 Å². The second-order valence-electron chi connectivity index (χ2n) is 16.3. The summed E-state index contributed by atoms with van der Waals surface area (Å²) >= 11 is 1.83. The molecule has 1 radical (unpaired) electrons. The fraction of sp³-hybridized carbons (Fsp3) is 0.277. The molecule has 0 bridgehead atoms. The molecule has 2 nitrogen and oxygen atoms in total. The largest absolute Gasteiger partial charge is 0.305 e. The fourth-order valence-electron chi connectivity index (χ4n) is 6.53. The van der Waals surface area contributed by atoms with Gasteiger partial charge < -0.3 is 9.97 Å². The van der Waals surface area contributed by atoms with Crippen LogP contribution in [-0.2, 0) is 26.5 Å². The summed E-state index contributed by atoms with van der Waals surface area (Å²) in [7, 11) is -1.37. The van der Waals surface area contributed by atoms with Gasteiger partial charge in [0.05, 0.1) is 8.07 Å². The minimum atomic E-state index is -1.37. The van der Waals surface area contributed by atoms with Gasteiger partial charge in [0.25, 0.3) is 0 Å². The van der Waals surface area contributed by atoms with Crippen LogP contribution in [0.1, 0.15) is 58.6 Å². The van der Waals surface area contributed by atoms with Gasteiger partial charge in [-0.25, -0.2) is 0 Å². The molecule has 0 aliphatic carbocycles. The third-order valence-corrected chi connectivity index (χ3v) is 12.8. The molecule has 7 aromatic rings. The van der Waals surface area contributed by atoms with E-state index in [2.05, 4.69) is 169 Å². The number of rotatable bonds is 7. The van der Waals surface area contributed by atoms with Crippen molar-refractivity contribution in [3.05, 3.63) is 139 Å². The Hall–Kier alpha value is -3.73. The van der Waals surface area contributed by atoms with Crippen molar-refractivity contribution in [3.8, 4) is 33.6 Å². The molecule has 3 aromatic heterocycles. The Balaban J connectivity index is 0.000000210. The summed E-state index contributed by atoms with van der Waals surface area (Å²) in [6.07, 6.45) is 5.14. The van der Waals surface area contributed by atoms with Gasteiger partial charge in [-0.05, 0) is 73.6 Å². The average Bonchev–Trinajstić information content (AvgIpc) is 3.48. The summed E-state index contributed by atoms with van der Waals surface area (Å²) in [5.41, 5.74) is 9.78. The van der Waals surface area contributed by atoms with Crippen LogP contribution < -0.4 is 5.19 Å². The number of aromatic nitrogens is 2. The molecule has 269 valence electrons. The number of benzene rings is 4. The van der Waals surface area contributed by atoms with Crippen LogP contribution in [0.5, 0.6) is 0 Å². The van der Waals surface area contributed by atoms with E-state index in [9.17, 15) is 0 Å². The minimum Gasteiger partial charge on any atom is -0.305 e. The number of nitrogens with zero attached hydrogens (tertiary/aromatic N) is 2. The standard InChI is InChI=1S/C28H24NS.C19H26NSi.Ir/c1-18(2)19(3)21-13-14-29-26(16-21)23-10-12-27-25(15-23)24-11-9-22(17-28(24)30-27)20-7-5-4-6-8-20;1-19(2,3)13-16-12-17(15-10-8-7-9-11-15)20-14-18(16)21(4,5)6;/h4-9,11-19H,1-3H3;7-10,12,14H,13H2,1-6H3;/q2*-1;. The van der Waals surface area contributed by atoms with Crippen molar-refractivity contribution in [1.29, 1.82) is 0 Å². The van der Waals surface area contributed by atoms with Crippen molar-refractivity contribution in [2.24, 2.45) is 11.3 Å². The number of thiophene rings is 1. The summed E-state index contributed by atoms with van der Waals surface area (Å²) in [4.78, 5) is 9.36. The molecule has 0 N–H and O–H groups in total. The van der Waals surface area contributed by atoms with Crippen molar-refractivity contribution in [2.75, 3.05) is 0 Å². The molecule has 1 atom stereocenters. The van der Waals surface area contributed by atoms with Gasteiger partial charge in [-0.15, -0.1) is 59.7 Å². The zero-order valence-corrected chi connectivity index (χ0v) is 36.2. The second-order valence-corrected chi connectivity index (χ2v) is 22.4. The fourth-order valence-corrected chi connectivity index (χ4v) is 9.21. The molecule has 0 spiro atoms. The maximum absolute atomic E-state index is 4.71. The molecule has 0 amide bonds. The van der Waals surface area contributed by atoms with Crippen LogP contribution in [0, 0.1) is 23.5 Å². The Morgan fingerprint density at radius 1 is 0.712 bits per heavy atom. The molecule has 52 heavy (non-hydrogen) atoms. The monoisotopic (exact) mass is 895 g/mol. The Labute approximate surface area is 330 Å². The van der Waals surface area contributed by atoms with Gasteiger partial charge in [0, 0.05) is 37.2 Å². The predicted octanol–water partition coefficient (Wildman–Crippen LogP) is 13.0. The molecule has 0 saturated carbocycles. The minimum absolute atomic E-state index is 0. The van der Waals surface area contributed by atoms with Gasteiger partial charge in [-0.1, -0.05) is 132 Å². The molecule has 3 heterocycles. The molecule has 0 saturated heterocycles. The second kappa shape index (κ2) is 16.5. The molecular weight excluding hydrogens is 845 g/mol. The zero-order chi connectivity index (χ0) is 36.3. The van der Waals surface area contributed by atoms with Gasteiger partial charge in [0.1, 0.15) is 0 Å². The van der Waals surface area contributed by atoms with E-state index in [4.69, 9.17) is 4.98 Å². The maximum Gasteiger partial charge on any atom is 0.0798 e. The number of hydrogen-bond acceptors (Lipinski definition) is 3. The van der Waals surface area contributed by atoms with Crippen molar-refractivity contribution in [2.45, 2.75) is 73.5 Å². The molecule has 0 aliphatic rings. The van der Waals surface area contributed by atoms with Crippen LogP contribution in [0.25, 0.3) is 53.8 Å². The Morgan fingerprint density at radius 3 is 2.12 bits per heavy atom. The quantitative estimate of drug-likeness (QED) is 0.118. The molecular formula is C47H50IrN2SSi-2. The molecule has 7 rings (SSSR count). The first-order valence-electron chi connectivity index (χ1n) is 18.1. The third kappa shape index (κ3) is 9.43. The van der Waals surface area contributed by atoms with Crippen LogP contribution in [-0.4, -0.2) is 18.0 Å². The van der Waals surface area contributed by atoms with E-state index in [-0.39, 0.29) is 25.5 Å². The van der Waals surface area contributed by atoms with Gasteiger partial charge >= 0.3 is 0 Å². The van der Waals surface area contributed by atoms with E-state index in [0.29, 0.717) is 11.8 Å². The maximum atomic E-state index is 4.71. The van der Waals surface area contributed by atoms with Crippen LogP contribution in [0.3, 0.4) is 0 Å². The van der Waals surface area contributed by atoms with Gasteiger partial charge in [-0.2, -0.15) is 11.3 Å². The first kappa shape index (κ1) is 39.5. The Kier molecular flexibility index (Phi) is 12.5. The van der Waals surface area contributed by atoms with E-state index < -0.39 is 8.07 Å². The predicted molar refractivity (Wildman–Crippen MR) is 225 cm³/mol.